The number of carbonyl (C=O) groups is 1. The van der Waals surface area contributed by atoms with E-state index in [0.29, 0.717) is 52.9 Å². The van der Waals surface area contributed by atoms with Crippen molar-refractivity contribution in [3.8, 4) is 17.2 Å². The topological polar surface area (TPSA) is 88.4 Å². The average Bonchev–Trinajstić information content (AvgIpc) is 3.30. The minimum atomic E-state index is -0.815. The van der Waals surface area contributed by atoms with E-state index in [1.165, 1.54) is 15.9 Å². The maximum absolute atomic E-state index is 14.3. The van der Waals surface area contributed by atoms with Crippen LogP contribution in [0.3, 0.4) is 0 Å². The summed E-state index contributed by atoms with van der Waals surface area (Å²) in [5.74, 6) is 1.03. The van der Waals surface area contributed by atoms with Crippen molar-refractivity contribution in [1.82, 2.24) is 4.57 Å². The van der Waals surface area contributed by atoms with Crippen molar-refractivity contribution in [2.24, 2.45) is 4.99 Å². The van der Waals surface area contributed by atoms with Crippen LogP contribution in [0.5, 0.6) is 17.2 Å². The molecule has 46 heavy (non-hydrogen) atoms. The second kappa shape index (κ2) is 14.6. The summed E-state index contributed by atoms with van der Waals surface area (Å²) in [5, 5.41) is 0.596. The molecule has 0 bridgehead atoms. The van der Waals surface area contributed by atoms with Crippen LogP contribution < -0.4 is 29.1 Å². The smallest absolute Gasteiger partial charge is 0.338 e. The number of hydrogen-bond acceptors (Lipinski definition) is 8. The van der Waals surface area contributed by atoms with Gasteiger partial charge in [0.1, 0.15) is 12.4 Å². The molecule has 12 heteroatoms. The fraction of sp³-hybridized carbons (Fsp3) is 0.265. The van der Waals surface area contributed by atoms with Crippen LogP contribution in [0, 0.1) is 0 Å². The lowest BCUT2D eigenvalue weighted by Gasteiger charge is -2.25. The normalized spacial score (nSPS) is 14.6. The van der Waals surface area contributed by atoms with Crippen molar-refractivity contribution in [3.63, 3.8) is 0 Å². The standard InChI is InChI=1S/C34H31Br2ClN2O6S/c1-6-43-33(41)29-19(4)38-34-39(30(29)20-11-12-26(45-18(2)3)27(14-20)42-5)32(40)28(46-34)15-22-13-23(35)16-24(36)31(22)44-17-21-9-7-8-10-25(21)37/h7-16,18,30H,6,17H2,1-5H3/b28-15+/t30-/m1/s1. The van der Waals surface area contributed by atoms with Gasteiger partial charge in [-0.25, -0.2) is 9.79 Å². The molecule has 0 unspecified atom stereocenters. The molecule has 0 amide bonds. The summed E-state index contributed by atoms with van der Waals surface area (Å²) >= 11 is 14.8. The highest BCUT2D eigenvalue weighted by Crippen LogP contribution is 2.37. The van der Waals surface area contributed by atoms with E-state index in [0.717, 1.165) is 10.0 Å². The fourth-order valence-corrected chi connectivity index (χ4v) is 7.66. The Balaban J connectivity index is 1.67. The fourth-order valence-electron chi connectivity index (χ4n) is 5.06. The number of fused-ring (bicyclic) bond motifs is 1. The van der Waals surface area contributed by atoms with Crippen LogP contribution in [0.4, 0.5) is 0 Å². The molecule has 8 nitrogen and oxygen atoms in total. The predicted octanol–water partition coefficient (Wildman–Crippen LogP) is 7.35. The number of methoxy groups -OCH3 is 1. The van der Waals surface area contributed by atoms with Crippen molar-refractivity contribution in [1.29, 1.82) is 0 Å². The molecule has 5 rings (SSSR count). The highest BCUT2D eigenvalue weighted by molar-refractivity contribution is 9.11. The summed E-state index contributed by atoms with van der Waals surface area (Å²) in [6.07, 6.45) is 1.69. The number of thiazole rings is 1. The van der Waals surface area contributed by atoms with Gasteiger partial charge in [0.05, 0.1) is 46.1 Å². The molecule has 0 saturated heterocycles. The van der Waals surface area contributed by atoms with E-state index in [9.17, 15) is 9.59 Å². The molecule has 0 saturated carbocycles. The number of carbonyl (C=O) groups excluding carboxylic acids is 1. The zero-order valence-corrected chi connectivity index (χ0v) is 30.5. The number of aromatic nitrogens is 1. The van der Waals surface area contributed by atoms with Gasteiger partial charge < -0.3 is 18.9 Å². The van der Waals surface area contributed by atoms with Crippen molar-refractivity contribution in [2.45, 2.75) is 46.4 Å². The predicted molar refractivity (Wildman–Crippen MR) is 187 cm³/mol. The van der Waals surface area contributed by atoms with Crippen LogP contribution in [-0.4, -0.2) is 30.4 Å². The van der Waals surface area contributed by atoms with Gasteiger partial charge in [-0.05, 0) is 85.6 Å². The first-order chi connectivity index (χ1) is 22.0. The van der Waals surface area contributed by atoms with Crippen LogP contribution in [0.25, 0.3) is 6.08 Å². The lowest BCUT2D eigenvalue weighted by molar-refractivity contribution is -0.139. The van der Waals surface area contributed by atoms with Crippen molar-refractivity contribution in [2.75, 3.05) is 13.7 Å². The van der Waals surface area contributed by atoms with Gasteiger partial charge in [0.15, 0.2) is 16.3 Å². The number of benzene rings is 3. The van der Waals surface area contributed by atoms with Crippen LogP contribution >= 0.6 is 54.8 Å². The number of halogens is 3. The number of rotatable bonds is 10. The first kappa shape index (κ1) is 34.0. The van der Waals surface area contributed by atoms with Crippen LogP contribution in [0.15, 0.2) is 84.6 Å². The van der Waals surface area contributed by atoms with E-state index >= 15 is 0 Å². The molecule has 1 aromatic heterocycles. The highest BCUT2D eigenvalue weighted by atomic mass is 79.9. The Morgan fingerprint density at radius 2 is 1.89 bits per heavy atom. The molecular formula is C34H31Br2ClN2O6S. The summed E-state index contributed by atoms with van der Waals surface area (Å²) in [7, 11) is 1.55. The Hall–Kier alpha value is -3.38. The SMILES string of the molecule is CCOC(=O)C1=C(C)N=c2s/c(=C/c3cc(Br)cc(Br)c3OCc3ccccc3Cl)c(=O)n2[C@@H]1c1ccc(OC(C)C)c(OC)c1. The van der Waals surface area contributed by atoms with E-state index < -0.39 is 12.0 Å². The minimum absolute atomic E-state index is 0.0775. The molecule has 2 heterocycles. The Labute approximate surface area is 292 Å². The summed E-state index contributed by atoms with van der Waals surface area (Å²) in [5.41, 5.74) is 2.55. The number of hydrogen-bond donors (Lipinski definition) is 0. The van der Waals surface area contributed by atoms with Gasteiger partial charge in [-0.3, -0.25) is 9.36 Å². The molecule has 0 N–H and O–H groups in total. The molecule has 0 fully saturated rings. The third-order valence-corrected chi connectivity index (χ3v) is 9.44. The van der Waals surface area contributed by atoms with Gasteiger partial charge in [-0.1, -0.05) is 63.1 Å². The van der Waals surface area contributed by atoms with E-state index in [1.807, 2.05) is 56.3 Å². The van der Waals surface area contributed by atoms with Crippen LogP contribution in [-0.2, 0) is 16.1 Å². The second-order valence-electron chi connectivity index (χ2n) is 10.6. The van der Waals surface area contributed by atoms with Gasteiger partial charge in [0.25, 0.3) is 5.56 Å². The van der Waals surface area contributed by atoms with Crippen molar-refractivity contribution < 1.29 is 23.7 Å². The Bertz CT molecular complexity index is 2020. The molecule has 1 atom stereocenters. The molecule has 1 aliphatic rings. The van der Waals surface area contributed by atoms with Gasteiger partial charge >= 0.3 is 5.97 Å². The van der Waals surface area contributed by atoms with Crippen molar-refractivity contribution in [3.05, 3.63) is 116 Å². The third kappa shape index (κ3) is 7.12. The lowest BCUT2D eigenvalue weighted by atomic mass is 9.95. The zero-order valence-electron chi connectivity index (χ0n) is 25.7. The molecule has 0 radical (unpaired) electrons. The molecule has 4 aromatic rings. The molecule has 240 valence electrons. The summed E-state index contributed by atoms with van der Waals surface area (Å²) < 4.78 is 26.7. The van der Waals surface area contributed by atoms with Crippen molar-refractivity contribution >= 4 is 66.8 Å². The van der Waals surface area contributed by atoms with E-state index in [2.05, 4.69) is 31.9 Å². The third-order valence-electron chi connectivity index (χ3n) is 7.04. The van der Waals surface area contributed by atoms with E-state index in [4.69, 9.17) is 35.5 Å². The summed E-state index contributed by atoms with van der Waals surface area (Å²) in [4.78, 5) is 32.8. The number of nitrogens with zero attached hydrogens (tertiary/aromatic N) is 2. The maximum atomic E-state index is 14.3. The molecule has 0 aliphatic carbocycles. The lowest BCUT2D eigenvalue weighted by Crippen LogP contribution is -2.40. The minimum Gasteiger partial charge on any atom is -0.493 e. The second-order valence-corrected chi connectivity index (χ2v) is 13.8. The van der Waals surface area contributed by atoms with E-state index in [-0.39, 0.29) is 30.5 Å². The maximum Gasteiger partial charge on any atom is 0.338 e. The monoisotopic (exact) mass is 788 g/mol. The average molecular weight is 791 g/mol. The molecule has 3 aromatic carbocycles. The van der Waals surface area contributed by atoms with Gasteiger partial charge in [0.2, 0.25) is 0 Å². The van der Waals surface area contributed by atoms with E-state index in [1.54, 1.807) is 39.2 Å². The van der Waals surface area contributed by atoms with Gasteiger partial charge in [-0.15, -0.1) is 0 Å². The van der Waals surface area contributed by atoms with Crippen LogP contribution in [0.1, 0.15) is 50.4 Å². The Morgan fingerprint density at radius 3 is 2.59 bits per heavy atom. The highest BCUT2D eigenvalue weighted by Gasteiger charge is 2.34. The number of esters is 1. The zero-order chi connectivity index (χ0) is 33.1. The van der Waals surface area contributed by atoms with Gasteiger partial charge in [0, 0.05) is 20.6 Å². The number of ether oxygens (including phenoxy) is 4. The quantitative estimate of drug-likeness (QED) is 0.156. The molecule has 0 spiro atoms. The first-order valence-electron chi connectivity index (χ1n) is 14.4. The first-order valence-corrected chi connectivity index (χ1v) is 17.2. The summed E-state index contributed by atoms with van der Waals surface area (Å²) in [6, 6.07) is 15.8. The Morgan fingerprint density at radius 1 is 1.13 bits per heavy atom. The Kier molecular flexibility index (Phi) is 10.8. The summed E-state index contributed by atoms with van der Waals surface area (Å²) in [6.45, 7) is 7.73. The largest absolute Gasteiger partial charge is 0.493 e. The number of allylic oxidation sites excluding steroid dienone is 1. The van der Waals surface area contributed by atoms with Gasteiger partial charge in [-0.2, -0.15) is 0 Å². The van der Waals surface area contributed by atoms with Crippen LogP contribution in [0.2, 0.25) is 5.02 Å². The molecule has 1 aliphatic heterocycles. The molecular weight excluding hydrogens is 760 g/mol.